The maximum atomic E-state index is 5.45. The van der Waals surface area contributed by atoms with Gasteiger partial charge in [-0.15, -0.1) is 5.10 Å². The van der Waals surface area contributed by atoms with Gasteiger partial charge in [-0.05, 0) is 50.2 Å². The Morgan fingerprint density at radius 2 is 1.89 bits per heavy atom. The van der Waals surface area contributed by atoms with Crippen molar-refractivity contribution in [3.05, 3.63) is 4.77 Å². The van der Waals surface area contributed by atoms with Crippen LogP contribution in [0, 0.1) is 10.7 Å². The lowest BCUT2D eigenvalue weighted by atomic mass is 10.0. The van der Waals surface area contributed by atoms with Crippen molar-refractivity contribution < 1.29 is 0 Å². The Bertz CT molecular complexity index is 472. The summed E-state index contributed by atoms with van der Waals surface area (Å²) in [5, 5.41) is 7.54. The van der Waals surface area contributed by atoms with Crippen LogP contribution in [0.25, 0.3) is 0 Å². The van der Waals surface area contributed by atoms with Crippen LogP contribution in [0.3, 0.4) is 0 Å². The van der Waals surface area contributed by atoms with E-state index in [4.69, 9.17) is 12.2 Å². The average Bonchev–Trinajstić information content (AvgIpc) is 2.98. The summed E-state index contributed by atoms with van der Waals surface area (Å²) in [7, 11) is 0. The molecule has 5 heteroatoms. The molecule has 0 amide bonds. The van der Waals surface area contributed by atoms with Crippen molar-refractivity contribution in [1.82, 2.24) is 14.8 Å². The highest BCUT2D eigenvalue weighted by atomic mass is 32.1. The van der Waals surface area contributed by atoms with Crippen LogP contribution in [-0.4, -0.2) is 27.9 Å². The van der Waals surface area contributed by atoms with E-state index in [9.17, 15) is 0 Å². The van der Waals surface area contributed by atoms with Crippen LogP contribution in [0.2, 0.25) is 0 Å². The molecular formula is C14H24N4S. The molecule has 0 aromatic carbocycles. The van der Waals surface area contributed by atoms with Gasteiger partial charge in [0.2, 0.25) is 5.95 Å². The second-order valence-corrected chi connectivity index (χ2v) is 6.55. The molecule has 3 rings (SSSR count). The van der Waals surface area contributed by atoms with Crippen LogP contribution in [0.15, 0.2) is 0 Å². The number of anilines is 1. The topological polar surface area (TPSA) is 36.9 Å². The molecule has 0 radical (unpaired) electrons. The first-order chi connectivity index (χ1) is 9.25. The molecule has 1 aliphatic heterocycles. The number of hydrogen-bond donors (Lipinski definition) is 1. The van der Waals surface area contributed by atoms with Gasteiger partial charge in [0.25, 0.3) is 0 Å². The van der Waals surface area contributed by atoms with Crippen molar-refractivity contribution in [1.29, 1.82) is 0 Å². The van der Waals surface area contributed by atoms with Crippen molar-refractivity contribution in [3.63, 3.8) is 0 Å². The number of hydrogen-bond acceptors (Lipinski definition) is 3. The number of aromatic amines is 1. The third-order valence-corrected chi connectivity index (χ3v) is 4.96. The first-order valence-electron chi connectivity index (χ1n) is 7.67. The highest BCUT2D eigenvalue weighted by molar-refractivity contribution is 7.71. The van der Waals surface area contributed by atoms with Gasteiger partial charge < -0.3 is 4.90 Å². The van der Waals surface area contributed by atoms with E-state index < -0.39 is 0 Å². The van der Waals surface area contributed by atoms with E-state index >= 15 is 0 Å². The van der Waals surface area contributed by atoms with Crippen molar-refractivity contribution in [2.45, 2.75) is 57.9 Å². The largest absolute Gasteiger partial charge is 0.341 e. The summed E-state index contributed by atoms with van der Waals surface area (Å²) in [5.41, 5.74) is 0. The van der Waals surface area contributed by atoms with Crippen molar-refractivity contribution in [2.75, 3.05) is 18.0 Å². The molecular weight excluding hydrogens is 256 g/mol. The molecule has 2 heterocycles. The summed E-state index contributed by atoms with van der Waals surface area (Å²) in [5.74, 6) is 1.93. The summed E-state index contributed by atoms with van der Waals surface area (Å²) in [6.07, 6.45) is 9.04. The van der Waals surface area contributed by atoms with Gasteiger partial charge in [-0.3, -0.25) is 4.57 Å². The molecule has 1 aromatic rings. The molecule has 1 aromatic heterocycles. The Morgan fingerprint density at radius 1 is 1.11 bits per heavy atom. The van der Waals surface area contributed by atoms with Gasteiger partial charge in [0.15, 0.2) is 4.77 Å². The Labute approximate surface area is 120 Å². The lowest BCUT2D eigenvalue weighted by Gasteiger charge is -2.24. The van der Waals surface area contributed by atoms with Crippen LogP contribution in [0.4, 0.5) is 5.95 Å². The molecule has 1 saturated carbocycles. The van der Waals surface area contributed by atoms with Crippen LogP contribution in [0.1, 0.15) is 57.9 Å². The fraction of sp³-hybridized carbons (Fsp3) is 0.857. The molecule has 1 unspecified atom stereocenters. The van der Waals surface area contributed by atoms with Gasteiger partial charge in [0.1, 0.15) is 0 Å². The van der Waals surface area contributed by atoms with E-state index in [1.165, 1.54) is 44.9 Å². The fourth-order valence-electron chi connectivity index (χ4n) is 3.47. The zero-order valence-electron chi connectivity index (χ0n) is 11.8. The maximum Gasteiger partial charge on any atom is 0.225 e. The average molecular weight is 280 g/mol. The quantitative estimate of drug-likeness (QED) is 0.840. The lowest BCUT2D eigenvalue weighted by Crippen LogP contribution is -2.28. The van der Waals surface area contributed by atoms with E-state index in [0.717, 1.165) is 29.7 Å². The zero-order chi connectivity index (χ0) is 13.2. The molecule has 0 spiro atoms. The molecule has 2 fully saturated rings. The normalized spacial score (nSPS) is 25.7. The van der Waals surface area contributed by atoms with Crippen LogP contribution < -0.4 is 4.90 Å². The molecule has 1 saturated heterocycles. The molecule has 0 bridgehead atoms. The molecule has 1 N–H and O–H groups in total. The Balaban J connectivity index is 1.85. The molecule has 1 atom stereocenters. The first-order valence-corrected chi connectivity index (χ1v) is 8.08. The molecule has 19 heavy (non-hydrogen) atoms. The number of aromatic nitrogens is 3. The molecule has 106 valence electrons. The van der Waals surface area contributed by atoms with Gasteiger partial charge in [-0.2, -0.15) is 0 Å². The van der Waals surface area contributed by atoms with Gasteiger partial charge in [0, 0.05) is 19.1 Å². The zero-order valence-corrected chi connectivity index (χ0v) is 12.6. The summed E-state index contributed by atoms with van der Waals surface area (Å²) in [4.78, 5) is 2.44. The van der Waals surface area contributed by atoms with Gasteiger partial charge in [-0.1, -0.05) is 19.8 Å². The monoisotopic (exact) mass is 280 g/mol. The van der Waals surface area contributed by atoms with Crippen LogP contribution in [0.5, 0.6) is 0 Å². The number of rotatable bonds is 2. The lowest BCUT2D eigenvalue weighted by molar-refractivity contribution is 0.503. The van der Waals surface area contributed by atoms with Crippen LogP contribution >= 0.6 is 12.2 Å². The number of nitrogens with zero attached hydrogens (tertiary/aromatic N) is 3. The van der Waals surface area contributed by atoms with E-state index in [2.05, 4.69) is 26.6 Å². The number of H-pyrrole nitrogens is 1. The third-order valence-electron chi connectivity index (χ3n) is 4.68. The van der Waals surface area contributed by atoms with Gasteiger partial charge >= 0.3 is 0 Å². The van der Waals surface area contributed by atoms with E-state index in [-0.39, 0.29) is 0 Å². The minimum absolute atomic E-state index is 0.571. The number of nitrogens with one attached hydrogen (secondary N) is 1. The standard InChI is InChI=1S/C14H24N4S/c1-11-5-4-9-17(10-8-11)13-15-16-14(19)18(13)12-6-2-3-7-12/h11-12H,2-10H2,1H3,(H,16,19). The minimum atomic E-state index is 0.571. The van der Waals surface area contributed by atoms with E-state index in [0.29, 0.717) is 6.04 Å². The second-order valence-electron chi connectivity index (χ2n) is 6.16. The van der Waals surface area contributed by atoms with E-state index in [1.807, 2.05) is 0 Å². The Kier molecular flexibility index (Phi) is 3.91. The first kappa shape index (κ1) is 13.2. The Hall–Kier alpha value is -0.840. The fourth-order valence-corrected chi connectivity index (χ4v) is 3.75. The predicted octanol–water partition coefficient (Wildman–Crippen LogP) is 3.68. The highest BCUT2D eigenvalue weighted by Gasteiger charge is 2.25. The highest BCUT2D eigenvalue weighted by Crippen LogP contribution is 2.33. The smallest absolute Gasteiger partial charge is 0.225 e. The van der Waals surface area contributed by atoms with Crippen molar-refractivity contribution in [2.24, 2.45) is 5.92 Å². The van der Waals surface area contributed by atoms with Gasteiger partial charge in [0.05, 0.1) is 0 Å². The predicted molar refractivity (Wildman–Crippen MR) is 80.1 cm³/mol. The molecule has 4 nitrogen and oxygen atoms in total. The summed E-state index contributed by atoms with van der Waals surface area (Å²) in [6, 6.07) is 0.571. The molecule has 1 aliphatic carbocycles. The minimum Gasteiger partial charge on any atom is -0.341 e. The second kappa shape index (κ2) is 5.65. The van der Waals surface area contributed by atoms with Crippen molar-refractivity contribution in [3.8, 4) is 0 Å². The SMILES string of the molecule is CC1CCCN(c2n[nH]c(=S)n2C2CCCC2)CC1. The van der Waals surface area contributed by atoms with Crippen LogP contribution in [-0.2, 0) is 0 Å². The van der Waals surface area contributed by atoms with Crippen molar-refractivity contribution >= 4 is 18.2 Å². The Morgan fingerprint density at radius 3 is 2.68 bits per heavy atom. The summed E-state index contributed by atoms with van der Waals surface area (Å²) in [6.45, 7) is 4.60. The molecule has 2 aliphatic rings. The summed E-state index contributed by atoms with van der Waals surface area (Å²) < 4.78 is 3.09. The third kappa shape index (κ3) is 2.71. The maximum absolute atomic E-state index is 5.45. The summed E-state index contributed by atoms with van der Waals surface area (Å²) >= 11 is 5.45. The van der Waals surface area contributed by atoms with E-state index in [1.54, 1.807) is 0 Å². The van der Waals surface area contributed by atoms with Gasteiger partial charge in [-0.25, -0.2) is 5.10 Å².